The molecule has 0 atom stereocenters. The maximum Gasteiger partial charge on any atom is 0.222 e. The van der Waals surface area contributed by atoms with Gasteiger partial charge in [-0.25, -0.2) is 14.4 Å². The van der Waals surface area contributed by atoms with E-state index in [0.717, 1.165) is 11.3 Å². The summed E-state index contributed by atoms with van der Waals surface area (Å²) in [5, 5.41) is 10.7. The van der Waals surface area contributed by atoms with E-state index in [-0.39, 0.29) is 5.56 Å². The molecule has 2 heterocycles. The van der Waals surface area contributed by atoms with Gasteiger partial charge in [0.25, 0.3) is 0 Å². The highest BCUT2D eigenvalue weighted by Gasteiger charge is 2.09. The standard InChI is InChI=1S/C16H15FN6O/c1-11-14(12-2-3-15(17)13(8-12)10-24)9-19-16(21-11)18-4-6-23-7-5-20-22-23/h2-3,5,7-10H,4,6H2,1H3,(H,18,19,21). The number of carbonyl (C=O) groups is 1. The molecule has 0 aliphatic rings. The maximum atomic E-state index is 13.4. The fourth-order valence-corrected chi connectivity index (χ4v) is 2.27. The lowest BCUT2D eigenvalue weighted by Crippen LogP contribution is -2.13. The first kappa shape index (κ1) is 15.7. The van der Waals surface area contributed by atoms with Gasteiger partial charge >= 0.3 is 0 Å². The highest BCUT2D eigenvalue weighted by atomic mass is 19.1. The summed E-state index contributed by atoms with van der Waals surface area (Å²) < 4.78 is 15.1. The zero-order valence-electron chi connectivity index (χ0n) is 13.0. The molecular formula is C16H15FN6O. The molecule has 3 rings (SSSR count). The summed E-state index contributed by atoms with van der Waals surface area (Å²) in [4.78, 5) is 19.5. The minimum Gasteiger partial charge on any atom is -0.352 e. The van der Waals surface area contributed by atoms with Gasteiger partial charge in [-0.15, -0.1) is 5.10 Å². The number of aryl methyl sites for hydroxylation is 1. The molecule has 0 radical (unpaired) electrons. The Balaban J connectivity index is 1.73. The molecule has 0 bridgehead atoms. The van der Waals surface area contributed by atoms with E-state index in [2.05, 4.69) is 25.6 Å². The average molecular weight is 326 g/mol. The van der Waals surface area contributed by atoms with Crippen LogP contribution < -0.4 is 5.32 Å². The Hall–Kier alpha value is -3.16. The van der Waals surface area contributed by atoms with E-state index in [0.29, 0.717) is 30.9 Å². The van der Waals surface area contributed by atoms with Crippen molar-refractivity contribution in [1.29, 1.82) is 0 Å². The predicted molar refractivity (Wildman–Crippen MR) is 86.1 cm³/mol. The lowest BCUT2D eigenvalue weighted by atomic mass is 10.0. The third-order valence-corrected chi connectivity index (χ3v) is 3.51. The Kier molecular flexibility index (Phi) is 4.55. The lowest BCUT2D eigenvalue weighted by molar-refractivity contribution is 0.112. The van der Waals surface area contributed by atoms with Crippen LogP contribution in [0.5, 0.6) is 0 Å². The number of hydrogen-bond acceptors (Lipinski definition) is 6. The molecule has 0 spiro atoms. The fraction of sp³-hybridized carbons (Fsp3) is 0.188. The van der Waals surface area contributed by atoms with E-state index >= 15 is 0 Å². The van der Waals surface area contributed by atoms with Crippen LogP contribution in [0.3, 0.4) is 0 Å². The first-order valence-electron chi connectivity index (χ1n) is 7.34. The number of hydrogen-bond donors (Lipinski definition) is 1. The lowest BCUT2D eigenvalue weighted by Gasteiger charge is -2.09. The molecule has 1 aromatic carbocycles. The average Bonchev–Trinajstić information content (AvgIpc) is 3.09. The molecule has 0 fully saturated rings. The minimum atomic E-state index is -0.543. The van der Waals surface area contributed by atoms with Gasteiger partial charge in [-0.05, 0) is 24.6 Å². The molecule has 1 N–H and O–H groups in total. The van der Waals surface area contributed by atoms with E-state index in [1.54, 1.807) is 29.3 Å². The summed E-state index contributed by atoms with van der Waals surface area (Å²) in [7, 11) is 0. The Labute approximate surface area is 137 Å². The number of benzene rings is 1. The molecule has 0 saturated heterocycles. The molecule has 2 aromatic heterocycles. The summed E-state index contributed by atoms with van der Waals surface area (Å²) in [6.45, 7) is 3.09. The monoisotopic (exact) mass is 326 g/mol. The molecule has 0 aliphatic carbocycles. The van der Waals surface area contributed by atoms with Crippen LogP contribution in [-0.2, 0) is 6.54 Å². The smallest absolute Gasteiger partial charge is 0.222 e. The number of anilines is 1. The zero-order chi connectivity index (χ0) is 16.9. The van der Waals surface area contributed by atoms with Crippen molar-refractivity contribution in [1.82, 2.24) is 25.0 Å². The molecule has 24 heavy (non-hydrogen) atoms. The Morgan fingerprint density at radius 2 is 2.25 bits per heavy atom. The summed E-state index contributed by atoms with van der Waals surface area (Å²) >= 11 is 0. The van der Waals surface area contributed by atoms with Crippen LogP contribution >= 0.6 is 0 Å². The number of nitrogens with one attached hydrogen (secondary N) is 1. The number of rotatable bonds is 6. The van der Waals surface area contributed by atoms with E-state index in [9.17, 15) is 9.18 Å². The van der Waals surface area contributed by atoms with Crippen LogP contribution in [0.2, 0.25) is 0 Å². The fourth-order valence-electron chi connectivity index (χ4n) is 2.27. The van der Waals surface area contributed by atoms with Crippen LogP contribution in [0.15, 0.2) is 36.8 Å². The SMILES string of the molecule is Cc1nc(NCCn2ccnn2)ncc1-c1ccc(F)c(C=O)c1. The van der Waals surface area contributed by atoms with Gasteiger partial charge in [0, 0.05) is 24.5 Å². The topological polar surface area (TPSA) is 85.6 Å². The summed E-state index contributed by atoms with van der Waals surface area (Å²) in [5.41, 5.74) is 2.20. The highest BCUT2D eigenvalue weighted by Crippen LogP contribution is 2.24. The summed E-state index contributed by atoms with van der Waals surface area (Å²) in [6.07, 6.45) is 5.54. The van der Waals surface area contributed by atoms with Crippen molar-refractivity contribution in [2.45, 2.75) is 13.5 Å². The van der Waals surface area contributed by atoms with E-state index in [4.69, 9.17) is 0 Å². The largest absolute Gasteiger partial charge is 0.352 e. The van der Waals surface area contributed by atoms with E-state index < -0.39 is 5.82 Å². The Morgan fingerprint density at radius 3 is 2.96 bits per heavy atom. The van der Waals surface area contributed by atoms with Crippen molar-refractivity contribution in [2.75, 3.05) is 11.9 Å². The van der Waals surface area contributed by atoms with Gasteiger partial charge in [-0.3, -0.25) is 9.48 Å². The van der Waals surface area contributed by atoms with Crippen molar-refractivity contribution in [3.8, 4) is 11.1 Å². The Bertz CT molecular complexity index is 850. The van der Waals surface area contributed by atoms with Gasteiger partial charge in [0.2, 0.25) is 5.95 Å². The van der Waals surface area contributed by atoms with Crippen LogP contribution in [0.4, 0.5) is 10.3 Å². The second kappa shape index (κ2) is 6.95. The van der Waals surface area contributed by atoms with E-state index in [1.807, 2.05) is 6.92 Å². The van der Waals surface area contributed by atoms with Crippen LogP contribution in [0.1, 0.15) is 16.1 Å². The molecule has 7 nitrogen and oxygen atoms in total. The highest BCUT2D eigenvalue weighted by molar-refractivity contribution is 5.79. The molecule has 0 unspecified atom stereocenters. The summed E-state index contributed by atoms with van der Waals surface area (Å²) in [6, 6.07) is 4.36. The van der Waals surface area contributed by atoms with Crippen molar-refractivity contribution < 1.29 is 9.18 Å². The van der Waals surface area contributed by atoms with E-state index in [1.165, 1.54) is 12.1 Å². The van der Waals surface area contributed by atoms with Gasteiger partial charge in [0.15, 0.2) is 6.29 Å². The third kappa shape index (κ3) is 3.43. The van der Waals surface area contributed by atoms with Crippen LogP contribution in [0, 0.1) is 12.7 Å². The quantitative estimate of drug-likeness (QED) is 0.698. The molecular weight excluding hydrogens is 311 g/mol. The maximum absolute atomic E-state index is 13.4. The first-order chi connectivity index (χ1) is 11.7. The summed E-state index contributed by atoms with van der Waals surface area (Å²) in [5.74, 6) is -0.0483. The van der Waals surface area contributed by atoms with Gasteiger partial charge in [-0.2, -0.15) is 0 Å². The second-order valence-electron chi connectivity index (χ2n) is 5.14. The van der Waals surface area contributed by atoms with Crippen LogP contribution in [0.25, 0.3) is 11.1 Å². The van der Waals surface area contributed by atoms with Crippen LogP contribution in [-0.4, -0.2) is 37.8 Å². The van der Waals surface area contributed by atoms with Gasteiger partial charge in [-0.1, -0.05) is 11.3 Å². The molecule has 3 aromatic rings. The molecule has 8 heteroatoms. The van der Waals surface area contributed by atoms with Crippen molar-refractivity contribution in [3.63, 3.8) is 0 Å². The minimum absolute atomic E-state index is 0.0157. The van der Waals surface area contributed by atoms with Crippen molar-refractivity contribution in [2.24, 2.45) is 0 Å². The number of halogens is 1. The van der Waals surface area contributed by atoms with Gasteiger partial charge < -0.3 is 5.32 Å². The number of aldehydes is 1. The van der Waals surface area contributed by atoms with Gasteiger partial charge in [0.05, 0.1) is 24.0 Å². The first-order valence-corrected chi connectivity index (χ1v) is 7.34. The zero-order valence-corrected chi connectivity index (χ0v) is 13.0. The van der Waals surface area contributed by atoms with Crippen molar-refractivity contribution in [3.05, 3.63) is 53.9 Å². The normalized spacial score (nSPS) is 10.6. The second-order valence-corrected chi connectivity index (χ2v) is 5.14. The number of carbonyl (C=O) groups excluding carboxylic acids is 1. The van der Waals surface area contributed by atoms with Gasteiger partial charge in [0.1, 0.15) is 5.82 Å². The molecule has 122 valence electrons. The molecule has 0 aliphatic heterocycles. The third-order valence-electron chi connectivity index (χ3n) is 3.51. The Morgan fingerprint density at radius 1 is 1.38 bits per heavy atom. The number of nitrogens with zero attached hydrogens (tertiary/aromatic N) is 5. The predicted octanol–water partition coefficient (Wildman–Crippen LogP) is 2.11. The molecule has 0 saturated carbocycles. The van der Waals surface area contributed by atoms with Crippen molar-refractivity contribution >= 4 is 12.2 Å². The number of aromatic nitrogens is 5. The molecule has 0 amide bonds.